The molecule has 12 rings (SSSR count). The van der Waals surface area contributed by atoms with Crippen molar-refractivity contribution in [1.82, 2.24) is 59.7 Å². The molecule has 0 unspecified atom stereocenters. The summed E-state index contributed by atoms with van der Waals surface area (Å²) in [6, 6.07) is 29.8. The fourth-order valence-electron chi connectivity index (χ4n) is 10.6. The lowest BCUT2D eigenvalue weighted by Crippen LogP contribution is -2.44. The number of likely N-dealkylation sites (tertiary alicyclic amines) is 2. The molecule has 8 N–H and O–H groups in total. The Morgan fingerprint density at radius 1 is 0.656 bits per heavy atom. The van der Waals surface area contributed by atoms with Gasteiger partial charge in [0.15, 0.2) is 0 Å². The molecule has 2 atom stereocenters. The number of hydrogen-bond acceptors (Lipinski definition) is 15. The number of anilines is 4. The summed E-state index contributed by atoms with van der Waals surface area (Å²) in [4.78, 5) is 90.6. The monoisotopic (exact) mass is 1290 g/mol. The van der Waals surface area contributed by atoms with Gasteiger partial charge in [-0.25, -0.2) is 29.6 Å². The third kappa shape index (κ3) is 17.9. The maximum atomic E-state index is 13.2. The number of piperazine rings is 2. The van der Waals surface area contributed by atoms with Crippen molar-refractivity contribution in [3.63, 3.8) is 0 Å². The van der Waals surface area contributed by atoms with E-state index in [1.807, 2.05) is 71.9 Å². The van der Waals surface area contributed by atoms with Crippen molar-refractivity contribution in [3.05, 3.63) is 180 Å². The van der Waals surface area contributed by atoms with Crippen LogP contribution in [0.15, 0.2) is 146 Å². The normalized spacial score (nSPS) is 16.9. The molecule has 4 fully saturated rings. The Hall–Kier alpha value is -9.33. The van der Waals surface area contributed by atoms with Crippen LogP contribution in [-0.4, -0.2) is 194 Å². The average molecular weight is 1300 g/mol. The first kappa shape index (κ1) is 65.1. The van der Waals surface area contributed by atoms with Crippen LogP contribution < -0.4 is 27.0 Å². The highest BCUT2D eigenvalue weighted by molar-refractivity contribution is 9.09. The lowest BCUT2D eigenvalue weighted by molar-refractivity contribution is -0.112. The number of aromatic nitrogens is 6. The summed E-state index contributed by atoms with van der Waals surface area (Å²) >= 11 is 7.99. The van der Waals surface area contributed by atoms with Crippen molar-refractivity contribution in [2.24, 2.45) is 0 Å². The number of nitrogens with two attached hydrogens (primary N) is 1. The molecule has 8 heterocycles. The smallest absolute Gasteiger partial charge is 0.253 e. The fourth-order valence-corrected chi connectivity index (χ4v) is 10.9. The topological polar surface area (TPSA) is 250 Å². The number of fused-ring (bicyclic) bond motifs is 2. The Balaban J connectivity index is 0.000000181. The number of halogens is 2. The molecule has 0 radical (unpaired) electrons. The maximum absolute atomic E-state index is 13.2. The molecule has 24 heteroatoms. The number of nitrogen functional groups attached to an aromatic ring is 1. The molecular formula is C66H72BrClN18O4. The minimum Gasteiger partial charge on any atom is -0.399 e. The largest absolute Gasteiger partial charge is 0.399 e. The zero-order valence-electron chi connectivity index (χ0n) is 50.2. The molecule has 464 valence electrons. The van der Waals surface area contributed by atoms with Gasteiger partial charge in [0.1, 0.15) is 0 Å². The number of benzene rings is 4. The summed E-state index contributed by atoms with van der Waals surface area (Å²) in [6.07, 6.45) is 14.8. The van der Waals surface area contributed by atoms with Crippen molar-refractivity contribution in [2.75, 3.05) is 126 Å². The number of para-hydroxylation sites is 2. The number of likely N-dealkylation sites (N-methyl/N-ethyl adjacent to an activating group) is 2. The number of rotatable bonds is 14. The van der Waals surface area contributed by atoms with Crippen LogP contribution in [0.4, 0.5) is 34.6 Å². The Morgan fingerprint density at radius 3 is 1.60 bits per heavy atom. The van der Waals surface area contributed by atoms with E-state index in [0.29, 0.717) is 88.7 Å². The fraction of sp³-hybridized carbons (Fsp3) is 0.303. The highest BCUT2D eigenvalue weighted by Crippen LogP contribution is 2.36. The van der Waals surface area contributed by atoms with E-state index in [1.54, 1.807) is 78.0 Å². The van der Waals surface area contributed by atoms with Crippen molar-refractivity contribution in [3.8, 4) is 22.5 Å². The maximum Gasteiger partial charge on any atom is 0.253 e. The molecule has 22 nitrogen and oxygen atoms in total. The van der Waals surface area contributed by atoms with E-state index in [9.17, 15) is 19.2 Å². The van der Waals surface area contributed by atoms with Crippen molar-refractivity contribution in [1.29, 1.82) is 0 Å². The number of nitrogens with one attached hydrogen (secondary N) is 6. The number of hydrogen-bond donors (Lipinski definition) is 7. The van der Waals surface area contributed by atoms with Gasteiger partial charge >= 0.3 is 0 Å². The van der Waals surface area contributed by atoms with Gasteiger partial charge in [0.05, 0.1) is 24.5 Å². The minimum absolute atomic E-state index is 0.0157. The predicted octanol–water partition coefficient (Wildman–Crippen LogP) is 9.55. The second-order valence-electron chi connectivity index (χ2n) is 21.9. The van der Waals surface area contributed by atoms with E-state index in [1.165, 1.54) is 19.2 Å². The van der Waals surface area contributed by atoms with Crippen LogP contribution in [-0.2, 0) is 9.59 Å². The highest BCUT2D eigenvalue weighted by atomic mass is 79.9. The summed E-state index contributed by atoms with van der Waals surface area (Å²) in [7, 11) is 4.27. The number of aromatic amines is 2. The zero-order valence-corrected chi connectivity index (χ0v) is 52.6. The van der Waals surface area contributed by atoms with Gasteiger partial charge in [0.2, 0.25) is 34.4 Å². The van der Waals surface area contributed by atoms with Crippen LogP contribution >= 0.6 is 27.5 Å². The van der Waals surface area contributed by atoms with Crippen molar-refractivity contribution in [2.45, 2.75) is 24.9 Å². The molecule has 0 spiro atoms. The van der Waals surface area contributed by atoms with Gasteiger partial charge in [-0.2, -0.15) is 0 Å². The Morgan fingerprint density at radius 2 is 1.14 bits per heavy atom. The van der Waals surface area contributed by atoms with Crippen molar-refractivity contribution < 1.29 is 19.2 Å². The van der Waals surface area contributed by atoms with E-state index in [-0.39, 0.29) is 29.8 Å². The van der Waals surface area contributed by atoms with Gasteiger partial charge in [0, 0.05) is 189 Å². The van der Waals surface area contributed by atoms with Crippen LogP contribution in [0.5, 0.6) is 0 Å². The zero-order chi connectivity index (χ0) is 63.4. The Bertz CT molecular complexity index is 3900. The summed E-state index contributed by atoms with van der Waals surface area (Å²) in [5, 5.41) is 15.1. The number of H-pyrrole nitrogens is 2. The van der Waals surface area contributed by atoms with Gasteiger partial charge in [-0.3, -0.25) is 24.1 Å². The first-order chi connectivity index (χ1) is 43.7. The minimum atomic E-state index is -0.431. The molecular weight excluding hydrogens is 1220 g/mol. The second kappa shape index (κ2) is 32.2. The number of amides is 3. The van der Waals surface area contributed by atoms with Gasteiger partial charge in [0.25, 0.3) is 11.8 Å². The first-order valence-electron chi connectivity index (χ1n) is 29.6. The average Bonchev–Trinajstić information content (AvgIpc) is 2.36. The molecule has 4 aromatic carbocycles. The van der Waals surface area contributed by atoms with E-state index in [4.69, 9.17) is 35.5 Å². The third-order valence-electron chi connectivity index (χ3n) is 15.6. The summed E-state index contributed by atoms with van der Waals surface area (Å²) in [5.74, 6) is 0.603. The summed E-state index contributed by atoms with van der Waals surface area (Å²) in [6.45, 7) is 27.0. The highest BCUT2D eigenvalue weighted by Gasteiger charge is 2.30. The van der Waals surface area contributed by atoms with E-state index < -0.39 is 5.24 Å². The molecule has 4 aliphatic heterocycles. The van der Waals surface area contributed by atoms with E-state index >= 15 is 0 Å². The van der Waals surface area contributed by atoms with Gasteiger partial charge in [-0.05, 0) is 105 Å². The van der Waals surface area contributed by atoms with Crippen LogP contribution in [0.1, 0.15) is 33.6 Å². The molecule has 4 aromatic heterocycles. The number of nitrogens with zero attached hydrogens (tertiary/aromatic N) is 11. The molecule has 0 aliphatic carbocycles. The summed E-state index contributed by atoms with van der Waals surface area (Å²) in [5.41, 5.74) is 13.8. The van der Waals surface area contributed by atoms with Crippen molar-refractivity contribution >= 4 is 107 Å². The third-order valence-corrected chi connectivity index (χ3v) is 16.1. The lowest BCUT2D eigenvalue weighted by Gasteiger charge is -2.31. The quantitative estimate of drug-likeness (QED) is 0.0176. The molecule has 90 heavy (non-hydrogen) atoms. The Labute approximate surface area is 536 Å². The van der Waals surface area contributed by atoms with Gasteiger partial charge in [-0.15, -0.1) is 0 Å². The number of carbonyl (C=O) groups is 4. The molecule has 4 saturated heterocycles. The molecule has 8 aromatic rings. The SMILES string of the molecule is CN1CCNCC1.O=C(Cl)/C=C/CBr.[C-]#[N+]c1cnc(N[C@@H]2CCN(C(=O)c3ccc(N)cc3)C2)nc1-c1c[nH]c2ccccc12.[C-]#[N+]c1cnc(N[C@@H]2CCN(C(=O)c3ccc(NC(=O)/C=C/CN4CCN(C)CC4)cc3)C2)nc1-c1c[nH]c2ccccc12. The first-order valence-corrected chi connectivity index (χ1v) is 31.1. The number of carbonyl (C=O) groups excluding carboxylic acids is 4. The lowest BCUT2D eigenvalue weighted by atomic mass is 10.1. The van der Waals surface area contributed by atoms with E-state index in [2.05, 4.69) is 101 Å². The summed E-state index contributed by atoms with van der Waals surface area (Å²) < 4.78 is 0. The number of allylic oxidation sites excluding steroid dienone is 2. The predicted molar refractivity (Wildman–Crippen MR) is 360 cm³/mol. The standard InChI is InChI=1S/C33H35N9O2.C24H21N7O.C5H12N2.C4H4BrClO/c1-34-29-21-36-33(39-31(29)27-20-35-28-7-4-3-6-26(27)28)38-25-13-15-42(22-25)32(44)23-9-11-24(12-10-23)37-30(43)8-5-14-41-18-16-40(2)17-19-41;1-26-21-13-28-24(30-22(21)19-12-27-20-5-3-2-4-18(19)20)29-17-10-11-31(14-17)23(32)15-6-8-16(25)9-7-15;1-7-4-2-6-3-5-7;5-3-1-2-4(6)7/h3-12,20-21,25,35H,13-19,22H2,2H3,(H,37,43)(H,36,38,39);2-9,12-13,17,27H,10-11,14,25H2,(H,28,29,30);6H,2-5H2,1H3;1-2H,3H2/b8-5+;;;2-1+/t25-;17-;;/m11../s1. The van der Waals surface area contributed by atoms with Crippen LogP contribution in [0.3, 0.4) is 0 Å². The van der Waals surface area contributed by atoms with Gasteiger partial charge in [-0.1, -0.05) is 64.5 Å². The molecule has 0 bridgehead atoms. The van der Waals surface area contributed by atoms with Crippen LogP contribution in [0.2, 0.25) is 0 Å². The molecule has 4 aliphatic rings. The second-order valence-corrected chi connectivity index (χ2v) is 23.0. The molecule has 0 saturated carbocycles. The van der Waals surface area contributed by atoms with Gasteiger partial charge < -0.3 is 56.6 Å². The van der Waals surface area contributed by atoms with Crippen LogP contribution in [0, 0.1) is 13.1 Å². The van der Waals surface area contributed by atoms with Crippen LogP contribution in [0.25, 0.3) is 54.0 Å². The number of alkyl halides is 1. The molecule has 3 amide bonds. The Kier molecular flexibility index (Phi) is 23.3. The van der Waals surface area contributed by atoms with E-state index in [0.717, 1.165) is 91.6 Å².